The summed E-state index contributed by atoms with van der Waals surface area (Å²) in [5.74, 6) is 0.449. The highest BCUT2D eigenvalue weighted by Crippen LogP contribution is 2.35. The molecule has 0 bridgehead atoms. The molecule has 0 saturated heterocycles. The summed E-state index contributed by atoms with van der Waals surface area (Å²) in [6.07, 6.45) is 0.927. The molecule has 3 heteroatoms. The van der Waals surface area contributed by atoms with Gasteiger partial charge in [0.1, 0.15) is 0 Å². The second-order valence-corrected chi connectivity index (χ2v) is 5.65. The lowest BCUT2D eigenvalue weighted by molar-refractivity contribution is -0.873. The number of hydrogen-bond donors (Lipinski definition) is 2. The van der Waals surface area contributed by atoms with Crippen LogP contribution in [0.15, 0.2) is 0 Å². The Labute approximate surface area is 80.6 Å². The molecule has 1 fully saturated rings. The van der Waals surface area contributed by atoms with E-state index in [1.54, 1.807) is 6.92 Å². The molecule has 3 nitrogen and oxygen atoms in total. The summed E-state index contributed by atoms with van der Waals surface area (Å²) in [5.41, 5.74) is -0.861. The van der Waals surface area contributed by atoms with Crippen LogP contribution in [0.1, 0.15) is 19.8 Å². The van der Waals surface area contributed by atoms with Crippen molar-refractivity contribution in [2.75, 3.05) is 27.7 Å². The maximum atomic E-state index is 9.77. The van der Waals surface area contributed by atoms with Gasteiger partial charge in [-0.25, -0.2) is 0 Å². The molecule has 0 aromatic rings. The first-order chi connectivity index (χ1) is 5.71. The predicted octanol–water partition coefficient (Wildman–Crippen LogP) is 0.214. The average molecular weight is 188 g/mol. The van der Waals surface area contributed by atoms with Crippen molar-refractivity contribution in [1.29, 1.82) is 0 Å². The van der Waals surface area contributed by atoms with Crippen LogP contribution < -0.4 is 0 Å². The lowest BCUT2D eigenvalue weighted by atomic mass is 10.0. The Morgan fingerprint density at radius 3 is 2.23 bits per heavy atom. The van der Waals surface area contributed by atoms with Gasteiger partial charge in [0.05, 0.1) is 39.4 Å². The third-order valence-corrected chi connectivity index (χ3v) is 2.78. The minimum atomic E-state index is -0.861. The third kappa shape index (κ3) is 2.93. The van der Waals surface area contributed by atoms with Crippen LogP contribution in [-0.4, -0.2) is 54.1 Å². The number of aliphatic hydroxyl groups is 2. The highest BCUT2D eigenvalue weighted by molar-refractivity contribution is 4.92. The molecule has 0 radical (unpaired) electrons. The van der Waals surface area contributed by atoms with Crippen LogP contribution in [0.2, 0.25) is 0 Å². The molecule has 0 heterocycles. The Kier molecular flexibility index (Phi) is 2.72. The van der Waals surface area contributed by atoms with Crippen LogP contribution in [0.5, 0.6) is 0 Å². The van der Waals surface area contributed by atoms with Crippen LogP contribution in [0.25, 0.3) is 0 Å². The standard InChI is InChI=1S/C10H22NO2/c1-10(13)6-8(5-9(10)12)7-11(2,3)4/h8-9,12-13H,5-7H2,1-4H3/q+1/t8-,9+,10+/m1/s1. The van der Waals surface area contributed by atoms with Gasteiger partial charge < -0.3 is 14.7 Å². The van der Waals surface area contributed by atoms with Crippen LogP contribution in [0.4, 0.5) is 0 Å². The van der Waals surface area contributed by atoms with Crippen molar-refractivity contribution in [2.45, 2.75) is 31.5 Å². The molecule has 1 aliphatic rings. The summed E-state index contributed by atoms with van der Waals surface area (Å²) in [4.78, 5) is 0. The Bertz CT molecular complexity index is 182. The molecule has 1 rings (SSSR count). The summed E-state index contributed by atoms with van der Waals surface area (Å²) < 4.78 is 0.896. The lowest BCUT2D eigenvalue weighted by Gasteiger charge is -2.27. The molecule has 1 aliphatic carbocycles. The fraction of sp³-hybridized carbons (Fsp3) is 1.00. The van der Waals surface area contributed by atoms with Gasteiger partial charge in [-0.05, 0) is 19.8 Å². The van der Waals surface area contributed by atoms with Gasteiger partial charge in [-0.15, -0.1) is 0 Å². The molecule has 78 valence electrons. The van der Waals surface area contributed by atoms with E-state index in [1.165, 1.54) is 0 Å². The summed E-state index contributed by atoms with van der Waals surface area (Å²) in [6, 6.07) is 0. The molecule has 0 spiro atoms. The van der Waals surface area contributed by atoms with E-state index >= 15 is 0 Å². The zero-order valence-electron chi connectivity index (χ0n) is 9.12. The number of nitrogens with zero attached hydrogens (tertiary/aromatic N) is 1. The van der Waals surface area contributed by atoms with E-state index in [1.807, 2.05) is 0 Å². The molecule has 0 aromatic heterocycles. The number of rotatable bonds is 2. The van der Waals surface area contributed by atoms with Crippen LogP contribution in [0.3, 0.4) is 0 Å². The second kappa shape index (κ2) is 3.23. The first kappa shape index (κ1) is 11.0. The third-order valence-electron chi connectivity index (χ3n) is 2.78. The average Bonchev–Trinajstić information content (AvgIpc) is 2.01. The zero-order valence-corrected chi connectivity index (χ0v) is 9.12. The maximum absolute atomic E-state index is 9.77. The summed E-state index contributed by atoms with van der Waals surface area (Å²) in [6.45, 7) is 2.75. The van der Waals surface area contributed by atoms with Gasteiger partial charge >= 0.3 is 0 Å². The van der Waals surface area contributed by atoms with Gasteiger partial charge in [0.25, 0.3) is 0 Å². The highest BCUT2D eigenvalue weighted by Gasteiger charge is 2.43. The quantitative estimate of drug-likeness (QED) is 0.608. The molecule has 3 atom stereocenters. The lowest BCUT2D eigenvalue weighted by Crippen LogP contribution is -2.39. The second-order valence-electron chi connectivity index (χ2n) is 5.65. The van der Waals surface area contributed by atoms with Crippen LogP contribution in [0, 0.1) is 5.92 Å². The first-order valence-electron chi connectivity index (χ1n) is 4.91. The van der Waals surface area contributed by atoms with Gasteiger partial charge in [-0.1, -0.05) is 0 Å². The van der Waals surface area contributed by atoms with Gasteiger partial charge in [-0.3, -0.25) is 0 Å². The molecule has 2 N–H and O–H groups in total. The predicted molar refractivity (Wildman–Crippen MR) is 52.3 cm³/mol. The van der Waals surface area contributed by atoms with E-state index < -0.39 is 11.7 Å². The molecule has 13 heavy (non-hydrogen) atoms. The van der Waals surface area contributed by atoms with Crippen molar-refractivity contribution in [3.63, 3.8) is 0 Å². The minimum Gasteiger partial charge on any atom is -0.390 e. The number of quaternary nitrogens is 1. The Morgan fingerprint density at radius 1 is 1.38 bits per heavy atom. The van der Waals surface area contributed by atoms with Crippen molar-refractivity contribution in [2.24, 2.45) is 5.92 Å². The maximum Gasteiger partial charge on any atom is 0.0882 e. The van der Waals surface area contributed by atoms with E-state index in [2.05, 4.69) is 21.1 Å². The highest BCUT2D eigenvalue weighted by atomic mass is 16.3. The number of aliphatic hydroxyl groups excluding tert-OH is 1. The van der Waals surface area contributed by atoms with Crippen LogP contribution in [-0.2, 0) is 0 Å². The van der Waals surface area contributed by atoms with Gasteiger partial charge in [0.15, 0.2) is 0 Å². The van der Waals surface area contributed by atoms with Crippen LogP contribution >= 0.6 is 0 Å². The van der Waals surface area contributed by atoms with Crippen molar-refractivity contribution < 1.29 is 14.7 Å². The molecule has 0 aromatic carbocycles. The molecular weight excluding hydrogens is 166 g/mol. The smallest absolute Gasteiger partial charge is 0.0882 e. The van der Waals surface area contributed by atoms with Gasteiger partial charge in [0.2, 0.25) is 0 Å². The molecule has 0 unspecified atom stereocenters. The topological polar surface area (TPSA) is 40.5 Å². The van der Waals surface area contributed by atoms with Crippen molar-refractivity contribution >= 4 is 0 Å². The molecular formula is C10H22NO2+. The van der Waals surface area contributed by atoms with Crippen molar-refractivity contribution in [3.8, 4) is 0 Å². The summed E-state index contributed by atoms with van der Waals surface area (Å²) in [5, 5.41) is 19.3. The van der Waals surface area contributed by atoms with E-state index in [9.17, 15) is 10.2 Å². The molecule has 0 aliphatic heterocycles. The Balaban J connectivity index is 2.50. The molecule has 1 saturated carbocycles. The van der Waals surface area contributed by atoms with E-state index in [4.69, 9.17) is 0 Å². The fourth-order valence-corrected chi connectivity index (χ4v) is 2.29. The van der Waals surface area contributed by atoms with Crippen molar-refractivity contribution in [1.82, 2.24) is 0 Å². The zero-order chi connectivity index (χ0) is 10.3. The normalized spacial score (nSPS) is 41.1. The van der Waals surface area contributed by atoms with E-state index in [-0.39, 0.29) is 0 Å². The van der Waals surface area contributed by atoms with Gasteiger partial charge in [-0.2, -0.15) is 0 Å². The van der Waals surface area contributed by atoms with E-state index in [0.29, 0.717) is 5.92 Å². The minimum absolute atomic E-state index is 0.449. The Hall–Kier alpha value is -0.120. The Morgan fingerprint density at radius 2 is 1.92 bits per heavy atom. The monoisotopic (exact) mass is 188 g/mol. The number of hydrogen-bond acceptors (Lipinski definition) is 2. The molecule has 0 amide bonds. The largest absolute Gasteiger partial charge is 0.390 e. The van der Waals surface area contributed by atoms with Gasteiger partial charge in [0, 0.05) is 5.92 Å². The fourth-order valence-electron chi connectivity index (χ4n) is 2.29. The van der Waals surface area contributed by atoms with E-state index in [0.717, 1.165) is 23.9 Å². The summed E-state index contributed by atoms with van der Waals surface area (Å²) in [7, 11) is 6.41. The first-order valence-corrected chi connectivity index (χ1v) is 4.91. The SMILES string of the molecule is C[C@]1(O)C[C@H](C[N+](C)(C)C)C[C@@H]1O. The van der Waals surface area contributed by atoms with Crippen molar-refractivity contribution in [3.05, 3.63) is 0 Å². The summed E-state index contributed by atoms with van der Waals surface area (Å²) >= 11 is 0.